The highest BCUT2D eigenvalue weighted by atomic mass is 32.1. The van der Waals surface area contributed by atoms with Crippen molar-refractivity contribution in [1.82, 2.24) is 4.90 Å². The molecule has 1 aromatic heterocycles. The first-order chi connectivity index (χ1) is 7.63. The largest absolute Gasteiger partial charge is 0.480 e. The highest BCUT2D eigenvalue weighted by molar-refractivity contribution is 7.07. The van der Waals surface area contributed by atoms with E-state index in [1.54, 1.807) is 11.3 Å². The van der Waals surface area contributed by atoms with Gasteiger partial charge >= 0.3 is 5.97 Å². The third-order valence-electron chi connectivity index (χ3n) is 2.82. The smallest absolute Gasteiger partial charge is 0.317 e. The van der Waals surface area contributed by atoms with Gasteiger partial charge in [-0.3, -0.25) is 9.69 Å². The molecule has 3 nitrogen and oxygen atoms in total. The van der Waals surface area contributed by atoms with Crippen molar-refractivity contribution >= 4 is 17.3 Å². The summed E-state index contributed by atoms with van der Waals surface area (Å²) in [6.07, 6.45) is 1.91. The SMILES string of the molecule is CCC(C)N(CCc1ccsc1)CC(=O)O. The molecule has 90 valence electrons. The fourth-order valence-corrected chi connectivity index (χ4v) is 2.30. The summed E-state index contributed by atoms with van der Waals surface area (Å²) in [4.78, 5) is 12.8. The zero-order valence-corrected chi connectivity index (χ0v) is 10.7. The Morgan fingerprint density at radius 3 is 2.88 bits per heavy atom. The molecule has 1 heterocycles. The van der Waals surface area contributed by atoms with E-state index in [4.69, 9.17) is 5.11 Å². The first-order valence-electron chi connectivity index (χ1n) is 5.60. The molecular formula is C12H19NO2S. The Hall–Kier alpha value is -0.870. The first kappa shape index (κ1) is 13.2. The van der Waals surface area contributed by atoms with E-state index in [2.05, 4.69) is 30.7 Å². The fraction of sp³-hybridized carbons (Fsp3) is 0.583. The van der Waals surface area contributed by atoms with Gasteiger partial charge in [0.25, 0.3) is 0 Å². The number of hydrogen-bond donors (Lipinski definition) is 1. The number of carboxylic acid groups (broad SMARTS) is 1. The van der Waals surface area contributed by atoms with Crippen LogP contribution in [0, 0.1) is 0 Å². The summed E-state index contributed by atoms with van der Waals surface area (Å²) in [5, 5.41) is 13.0. The minimum absolute atomic E-state index is 0.138. The second kappa shape index (κ2) is 6.66. The van der Waals surface area contributed by atoms with Crippen molar-refractivity contribution in [2.45, 2.75) is 32.7 Å². The summed E-state index contributed by atoms with van der Waals surface area (Å²) in [7, 11) is 0. The van der Waals surface area contributed by atoms with Gasteiger partial charge in [-0.25, -0.2) is 0 Å². The van der Waals surface area contributed by atoms with Crippen molar-refractivity contribution in [3.8, 4) is 0 Å². The molecule has 0 amide bonds. The van der Waals surface area contributed by atoms with Gasteiger partial charge in [0.05, 0.1) is 6.54 Å². The van der Waals surface area contributed by atoms with Crippen LogP contribution in [0.4, 0.5) is 0 Å². The molecule has 1 N–H and O–H groups in total. The van der Waals surface area contributed by atoms with Crippen molar-refractivity contribution in [2.24, 2.45) is 0 Å². The summed E-state index contributed by atoms with van der Waals surface area (Å²) >= 11 is 1.68. The van der Waals surface area contributed by atoms with Crippen LogP contribution in [-0.2, 0) is 11.2 Å². The van der Waals surface area contributed by atoms with Crippen LogP contribution >= 0.6 is 11.3 Å². The number of nitrogens with zero attached hydrogens (tertiary/aromatic N) is 1. The van der Waals surface area contributed by atoms with Crippen molar-refractivity contribution in [1.29, 1.82) is 0 Å². The Labute approximate surface area is 101 Å². The lowest BCUT2D eigenvalue weighted by atomic mass is 10.2. The standard InChI is InChI=1S/C12H19NO2S/c1-3-10(2)13(8-12(14)15)6-4-11-5-7-16-9-11/h5,7,9-10H,3-4,6,8H2,1-2H3,(H,14,15). The number of aliphatic carboxylic acids is 1. The third kappa shape index (κ3) is 4.33. The maximum Gasteiger partial charge on any atom is 0.317 e. The van der Waals surface area contributed by atoms with Gasteiger partial charge in [-0.15, -0.1) is 0 Å². The lowest BCUT2D eigenvalue weighted by Gasteiger charge is -2.26. The lowest BCUT2D eigenvalue weighted by molar-refractivity contribution is -0.138. The molecule has 0 bridgehead atoms. The van der Waals surface area contributed by atoms with Crippen LogP contribution in [0.1, 0.15) is 25.8 Å². The Bertz CT molecular complexity index is 311. The number of carboxylic acids is 1. The molecule has 0 aliphatic heterocycles. The number of thiophene rings is 1. The van der Waals surface area contributed by atoms with Gasteiger partial charge in [0, 0.05) is 12.6 Å². The van der Waals surface area contributed by atoms with Gasteiger partial charge in [0.1, 0.15) is 0 Å². The summed E-state index contributed by atoms with van der Waals surface area (Å²) < 4.78 is 0. The van der Waals surface area contributed by atoms with E-state index in [0.29, 0.717) is 6.04 Å². The zero-order chi connectivity index (χ0) is 12.0. The minimum atomic E-state index is -0.745. The van der Waals surface area contributed by atoms with Crippen LogP contribution in [0.3, 0.4) is 0 Å². The van der Waals surface area contributed by atoms with Crippen molar-refractivity contribution in [3.05, 3.63) is 22.4 Å². The maximum absolute atomic E-state index is 10.8. The molecule has 16 heavy (non-hydrogen) atoms. The van der Waals surface area contributed by atoms with Crippen molar-refractivity contribution < 1.29 is 9.90 Å². The quantitative estimate of drug-likeness (QED) is 0.797. The molecule has 1 aromatic rings. The summed E-state index contributed by atoms with van der Waals surface area (Å²) in [5.74, 6) is -0.745. The second-order valence-corrected chi connectivity index (χ2v) is 4.78. The summed E-state index contributed by atoms with van der Waals surface area (Å²) in [5.41, 5.74) is 1.30. The lowest BCUT2D eigenvalue weighted by Crippen LogP contribution is -2.38. The van der Waals surface area contributed by atoms with Gasteiger partial charge in [-0.05, 0) is 42.2 Å². The Morgan fingerprint density at radius 2 is 2.38 bits per heavy atom. The van der Waals surface area contributed by atoms with Crippen LogP contribution in [0.25, 0.3) is 0 Å². The summed E-state index contributed by atoms with van der Waals surface area (Å²) in [6.45, 7) is 5.12. The molecule has 0 aliphatic carbocycles. The van der Waals surface area contributed by atoms with E-state index in [0.717, 1.165) is 19.4 Å². The Balaban J connectivity index is 2.46. The van der Waals surface area contributed by atoms with Crippen molar-refractivity contribution in [2.75, 3.05) is 13.1 Å². The topological polar surface area (TPSA) is 40.5 Å². The van der Waals surface area contributed by atoms with Gasteiger partial charge in [-0.1, -0.05) is 6.92 Å². The minimum Gasteiger partial charge on any atom is -0.480 e. The third-order valence-corrected chi connectivity index (χ3v) is 3.55. The molecule has 0 fully saturated rings. The van der Waals surface area contributed by atoms with Gasteiger partial charge < -0.3 is 5.11 Å². The molecule has 1 unspecified atom stereocenters. The average molecular weight is 241 g/mol. The van der Waals surface area contributed by atoms with E-state index in [1.807, 2.05) is 4.90 Å². The van der Waals surface area contributed by atoms with Crippen LogP contribution in [0.2, 0.25) is 0 Å². The molecule has 0 saturated heterocycles. The maximum atomic E-state index is 10.8. The summed E-state index contributed by atoms with van der Waals surface area (Å²) in [6, 6.07) is 2.43. The van der Waals surface area contributed by atoms with Crippen molar-refractivity contribution in [3.63, 3.8) is 0 Å². The molecule has 0 aromatic carbocycles. The van der Waals surface area contributed by atoms with E-state index in [-0.39, 0.29) is 6.54 Å². The molecular weight excluding hydrogens is 222 g/mol. The number of rotatable bonds is 7. The van der Waals surface area contributed by atoms with Crippen LogP contribution in [0.15, 0.2) is 16.8 Å². The van der Waals surface area contributed by atoms with E-state index >= 15 is 0 Å². The van der Waals surface area contributed by atoms with E-state index < -0.39 is 5.97 Å². The highest BCUT2D eigenvalue weighted by Crippen LogP contribution is 2.09. The van der Waals surface area contributed by atoms with Gasteiger partial charge in [-0.2, -0.15) is 11.3 Å². The molecule has 0 spiro atoms. The molecule has 0 radical (unpaired) electrons. The Kier molecular flexibility index (Phi) is 5.49. The normalized spacial score (nSPS) is 12.9. The molecule has 4 heteroatoms. The predicted molar refractivity (Wildman–Crippen MR) is 67.0 cm³/mol. The van der Waals surface area contributed by atoms with Crippen LogP contribution in [-0.4, -0.2) is 35.1 Å². The number of hydrogen-bond acceptors (Lipinski definition) is 3. The fourth-order valence-electron chi connectivity index (χ4n) is 1.59. The molecule has 1 atom stereocenters. The second-order valence-electron chi connectivity index (χ2n) is 4.00. The van der Waals surface area contributed by atoms with Gasteiger partial charge in [0.15, 0.2) is 0 Å². The zero-order valence-electron chi connectivity index (χ0n) is 9.85. The first-order valence-corrected chi connectivity index (χ1v) is 6.54. The van der Waals surface area contributed by atoms with E-state index in [1.165, 1.54) is 5.56 Å². The molecule has 0 aliphatic rings. The predicted octanol–water partition coefficient (Wildman–Crippen LogP) is 2.48. The Morgan fingerprint density at radius 1 is 1.62 bits per heavy atom. The monoisotopic (exact) mass is 241 g/mol. The van der Waals surface area contributed by atoms with E-state index in [9.17, 15) is 4.79 Å². The molecule has 0 saturated carbocycles. The van der Waals surface area contributed by atoms with Crippen LogP contribution in [0.5, 0.6) is 0 Å². The number of carbonyl (C=O) groups is 1. The molecule has 1 rings (SSSR count). The highest BCUT2D eigenvalue weighted by Gasteiger charge is 2.15. The van der Waals surface area contributed by atoms with Gasteiger partial charge in [0.2, 0.25) is 0 Å². The average Bonchev–Trinajstić information content (AvgIpc) is 2.75. The van der Waals surface area contributed by atoms with Crippen LogP contribution < -0.4 is 0 Å².